The first kappa shape index (κ1) is 38.3. The molecule has 2 nitrogen and oxygen atoms in total. The van der Waals surface area contributed by atoms with Gasteiger partial charge in [-0.05, 0) is 63.5 Å². The fourth-order valence-electron chi connectivity index (χ4n) is 2.81. The lowest BCUT2D eigenvalue weighted by atomic mass is 10.1. The lowest BCUT2D eigenvalue weighted by Gasteiger charge is -2.15. The van der Waals surface area contributed by atoms with Crippen LogP contribution in [0.1, 0.15) is 113 Å². The van der Waals surface area contributed by atoms with Crippen LogP contribution in [0.15, 0.2) is 55.1 Å². The van der Waals surface area contributed by atoms with E-state index in [1.807, 2.05) is 74.5 Å². The molecule has 1 unspecified atom stereocenters. The van der Waals surface area contributed by atoms with Crippen LogP contribution in [-0.2, 0) is 0 Å². The van der Waals surface area contributed by atoms with Crippen molar-refractivity contribution in [1.29, 1.82) is 0 Å². The van der Waals surface area contributed by atoms with E-state index < -0.39 is 0 Å². The predicted molar refractivity (Wildman–Crippen MR) is 165 cm³/mol. The Balaban J connectivity index is -0.000000951. The van der Waals surface area contributed by atoms with Gasteiger partial charge in [0.2, 0.25) is 0 Å². The maximum absolute atomic E-state index is 13.3. The Morgan fingerprint density at radius 3 is 1.94 bits per heavy atom. The van der Waals surface area contributed by atoms with Gasteiger partial charge in [-0.3, -0.25) is 0 Å². The number of hydrogen-bond acceptors (Lipinski definition) is 3. The van der Waals surface area contributed by atoms with E-state index in [2.05, 4.69) is 27.0 Å². The molecule has 2 aromatic rings. The standard InChI is InChI=1S/C22H28FNOS.C4H8.3C2H6/c1-5-8-11-19(10-7-3)25-22-24-20(17-12-14-18(23)15-13-17)21(26-22)16(4)9-6-2;1-4(2)3;3*1-2/h6,9,12-15,19H,4-5,7-8,10-11H2,1-3H3;1H2,2-3H3;3*1-2H3/b9-6-;;;;. The summed E-state index contributed by atoms with van der Waals surface area (Å²) in [5, 5.41) is 0.666. The molecule has 0 bridgehead atoms. The van der Waals surface area contributed by atoms with Gasteiger partial charge in [0.1, 0.15) is 11.9 Å². The van der Waals surface area contributed by atoms with Crippen molar-refractivity contribution < 1.29 is 9.13 Å². The maximum atomic E-state index is 13.3. The minimum atomic E-state index is -0.253. The van der Waals surface area contributed by atoms with Crippen molar-refractivity contribution in [2.75, 3.05) is 0 Å². The van der Waals surface area contributed by atoms with Gasteiger partial charge in [-0.25, -0.2) is 9.37 Å². The first-order valence-electron chi connectivity index (χ1n) is 13.7. The third kappa shape index (κ3) is 17.3. The van der Waals surface area contributed by atoms with Crippen LogP contribution in [0.4, 0.5) is 4.39 Å². The zero-order chi connectivity index (χ0) is 28.5. The van der Waals surface area contributed by atoms with Crippen molar-refractivity contribution in [2.45, 2.75) is 114 Å². The summed E-state index contributed by atoms with van der Waals surface area (Å²) in [7, 11) is 0. The summed E-state index contributed by atoms with van der Waals surface area (Å²) in [4.78, 5) is 5.69. The molecule has 0 spiro atoms. The van der Waals surface area contributed by atoms with Crippen LogP contribution in [0, 0.1) is 5.82 Å². The van der Waals surface area contributed by atoms with Crippen LogP contribution in [-0.4, -0.2) is 11.1 Å². The molecule has 0 aliphatic carbocycles. The Hall–Kier alpha value is -2.20. The smallest absolute Gasteiger partial charge is 0.274 e. The molecule has 0 aliphatic rings. The zero-order valence-corrected chi connectivity index (χ0v) is 25.9. The highest BCUT2D eigenvalue weighted by Crippen LogP contribution is 2.38. The third-order valence-electron chi connectivity index (χ3n) is 4.14. The van der Waals surface area contributed by atoms with E-state index in [1.54, 1.807) is 12.1 Å². The van der Waals surface area contributed by atoms with E-state index in [0.29, 0.717) is 5.19 Å². The Bertz CT molecular complexity index is 817. The number of hydrogen-bond donors (Lipinski definition) is 0. The molecule has 0 fully saturated rings. The number of unbranched alkanes of at least 4 members (excludes halogenated alkanes) is 1. The van der Waals surface area contributed by atoms with Crippen LogP contribution in [0.25, 0.3) is 16.8 Å². The van der Waals surface area contributed by atoms with Crippen molar-refractivity contribution in [3.05, 3.63) is 65.8 Å². The number of ether oxygens (including phenoxy) is 1. The summed E-state index contributed by atoms with van der Waals surface area (Å²) in [6, 6.07) is 6.42. The first-order valence-corrected chi connectivity index (χ1v) is 14.5. The van der Waals surface area contributed by atoms with Gasteiger partial charge in [-0.1, -0.05) is 110 Å². The molecule has 0 N–H and O–H groups in total. The summed E-state index contributed by atoms with van der Waals surface area (Å²) in [5.41, 5.74) is 3.73. The van der Waals surface area contributed by atoms with Crippen molar-refractivity contribution in [3.63, 3.8) is 0 Å². The van der Waals surface area contributed by atoms with E-state index in [4.69, 9.17) is 9.72 Å². The molecule has 1 atom stereocenters. The normalized spacial score (nSPS) is 10.2. The summed E-state index contributed by atoms with van der Waals surface area (Å²) in [6.07, 6.45) is 9.57. The van der Waals surface area contributed by atoms with Crippen LogP contribution < -0.4 is 4.74 Å². The molecule has 4 heteroatoms. The third-order valence-corrected chi connectivity index (χ3v) is 5.16. The molecule has 0 amide bonds. The summed E-state index contributed by atoms with van der Waals surface area (Å²) >= 11 is 1.52. The zero-order valence-electron chi connectivity index (χ0n) is 25.1. The van der Waals surface area contributed by atoms with Gasteiger partial charge in [0.25, 0.3) is 5.19 Å². The van der Waals surface area contributed by atoms with Crippen LogP contribution in [0.5, 0.6) is 5.19 Å². The molecule has 36 heavy (non-hydrogen) atoms. The molecular formula is C32H54FNOS. The number of allylic oxidation sites excluding steroid dienone is 4. The van der Waals surface area contributed by atoms with Gasteiger partial charge >= 0.3 is 0 Å². The van der Waals surface area contributed by atoms with Crippen molar-refractivity contribution in [2.24, 2.45) is 0 Å². The molecule has 0 radical (unpaired) electrons. The van der Waals surface area contributed by atoms with Gasteiger partial charge in [-0.2, -0.15) is 0 Å². The minimum absolute atomic E-state index is 0.190. The minimum Gasteiger partial charge on any atom is -0.467 e. The molecule has 0 saturated heterocycles. The van der Waals surface area contributed by atoms with Crippen LogP contribution in [0.3, 0.4) is 0 Å². The van der Waals surface area contributed by atoms with Gasteiger partial charge in [-0.15, -0.1) is 6.58 Å². The topological polar surface area (TPSA) is 22.1 Å². The molecule has 1 heterocycles. The average molecular weight is 520 g/mol. The molecule has 2 rings (SSSR count). The molecule has 206 valence electrons. The molecule has 1 aromatic heterocycles. The number of aromatic nitrogens is 1. The largest absolute Gasteiger partial charge is 0.467 e. The number of benzene rings is 1. The fourth-order valence-corrected chi connectivity index (χ4v) is 3.76. The van der Waals surface area contributed by atoms with Crippen molar-refractivity contribution in [1.82, 2.24) is 4.98 Å². The lowest BCUT2D eigenvalue weighted by molar-refractivity contribution is 0.176. The number of nitrogens with zero attached hydrogens (tertiary/aromatic N) is 1. The van der Waals surface area contributed by atoms with Gasteiger partial charge in [0.15, 0.2) is 0 Å². The van der Waals surface area contributed by atoms with Gasteiger partial charge in [0, 0.05) is 5.56 Å². The van der Waals surface area contributed by atoms with Crippen molar-refractivity contribution in [3.8, 4) is 16.5 Å². The summed E-state index contributed by atoms with van der Waals surface area (Å²) < 4.78 is 19.5. The Morgan fingerprint density at radius 1 is 0.972 bits per heavy atom. The monoisotopic (exact) mass is 519 g/mol. The van der Waals surface area contributed by atoms with E-state index in [-0.39, 0.29) is 11.9 Å². The van der Waals surface area contributed by atoms with Gasteiger partial charge in [0.05, 0.1) is 10.6 Å². The molecule has 1 aromatic carbocycles. The highest BCUT2D eigenvalue weighted by molar-refractivity contribution is 7.15. The van der Waals surface area contributed by atoms with E-state index >= 15 is 0 Å². The molecule has 0 saturated carbocycles. The summed E-state index contributed by atoms with van der Waals surface area (Å²) in [5.74, 6) is -0.253. The van der Waals surface area contributed by atoms with Crippen LogP contribution in [0.2, 0.25) is 0 Å². The fraction of sp³-hybridized carbons (Fsp3) is 0.531. The second-order valence-electron chi connectivity index (χ2n) is 7.57. The van der Waals surface area contributed by atoms with Crippen molar-refractivity contribution >= 4 is 16.9 Å². The second kappa shape index (κ2) is 25.9. The van der Waals surface area contributed by atoms with E-state index in [9.17, 15) is 4.39 Å². The number of halogens is 1. The number of thiazole rings is 1. The Morgan fingerprint density at radius 2 is 1.50 bits per heavy atom. The van der Waals surface area contributed by atoms with Crippen LogP contribution >= 0.6 is 11.3 Å². The highest BCUT2D eigenvalue weighted by Gasteiger charge is 2.18. The Labute approximate surface area is 227 Å². The lowest BCUT2D eigenvalue weighted by Crippen LogP contribution is -2.16. The summed E-state index contributed by atoms with van der Waals surface area (Å²) in [6.45, 7) is 30.0. The quantitative estimate of drug-likeness (QED) is 0.230. The SMILES string of the molecule is C=C(/C=C\C)c1sc(OC(CCC)CCCC)nc1-c1ccc(F)cc1.C=C(C)C.CC.CC.CC. The predicted octanol–water partition coefficient (Wildman–Crippen LogP) is 11.9. The van der Waals surface area contributed by atoms with E-state index in [0.717, 1.165) is 53.8 Å². The van der Waals surface area contributed by atoms with Gasteiger partial charge < -0.3 is 4.74 Å². The maximum Gasteiger partial charge on any atom is 0.274 e. The molecule has 0 aliphatic heterocycles. The number of rotatable bonds is 10. The molecular weight excluding hydrogens is 465 g/mol. The second-order valence-corrected chi connectivity index (χ2v) is 8.53. The Kier molecular flexibility index (Phi) is 27.6. The first-order chi connectivity index (χ1) is 17.3. The average Bonchev–Trinajstić information content (AvgIpc) is 3.30. The highest BCUT2D eigenvalue weighted by atomic mass is 32.1. The van der Waals surface area contributed by atoms with E-state index in [1.165, 1.54) is 29.0 Å².